The van der Waals surface area contributed by atoms with E-state index in [1.807, 2.05) is 48.8 Å². The van der Waals surface area contributed by atoms with Crippen molar-refractivity contribution < 1.29 is 9.13 Å². The van der Waals surface area contributed by atoms with Crippen LogP contribution in [0, 0.1) is 11.7 Å². The van der Waals surface area contributed by atoms with E-state index in [0.29, 0.717) is 5.92 Å². The number of hydrogen-bond acceptors (Lipinski definition) is 5. The van der Waals surface area contributed by atoms with Gasteiger partial charge in [-0.2, -0.15) is 0 Å². The summed E-state index contributed by atoms with van der Waals surface area (Å²) in [5.74, 6) is 2.05. The summed E-state index contributed by atoms with van der Waals surface area (Å²) in [4.78, 5) is 14.1. The van der Waals surface area contributed by atoms with Crippen LogP contribution in [0.3, 0.4) is 0 Å². The third kappa shape index (κ3) is 6.83. The van der Waals surface area contributed by atoms with E-state index in [2.05, 4.69) is 26.8 Å². The lowest BCUT2D eigenvalue weighted by Crippen LogP contribution is -2.40. The zero-order valence-corrected chi connectivity index (χ0v) is 19.6. The van der Waals surface area contributed by atoms with Gasteiger partial charge in [0, 0.05) is 49.7 Å². The highest BCUT2D eigenvalue weighted by atomic mass is 19.1. The Hall–Kier alpha value is -2.83. The standard InChI is InChI=1S/C27H33FN4O/c1-31(19-23-16-29-27(30-17-23)24-7-11-26(33-2)12-8-24)18-22-4-3-14-32(20-22)15-13-21-5-9-25(28)10-6-21/h5-12,16-17,22H,3-4,13-15,18-20H2,1-2H3. The van der Waals surface area contributed by atoms with Gasteiger partial charge in [-0.05, 0) is 80.7 Å². The summed E-state index contributed by atoms with van der Waals surface area (Å²) in [7, 11) is 3.84. The number of methoxy groups -OCH3 is 1. The van der Waals surface area contributed by atoms with E-state index >= 15 is 0 Å². The first-order valence-electron chi connectivity index (χ1n) is 11.7. The fourth-order valence-electron chi connectivity index (χ4n) is 4.58. The molecule has 0 radical (unpaired) electrons. The van der Waals surface area contributed by atoms with Crippen molar-refractivity contribution in [3.05, 3.63) is 77.9 Å². The molecular formula is C27H33FN4O. The lowest BCUT2D eigenvalue weighted by atomic mass is 9.97. The van der Waals surface area contributed by atoms with Crippen LogP contribution < -0.4 is 4.74 Å². The van der Waals surface area contributed by atoms with Crippen LogP contribution in [0.25, 0.3) is 11.4 Å². The van der Waals surface area contributed by atoms with Crippen LogP contribution in [0.5, 0.6) is 5.75 Å². The average molecular weight is 449 g/mol. The molecule has 1 aromatic heterocycles. The topological polar surface area (TPSA) is 41.5 Å². The molecule has 0 amide bonds. The minimum Gasteiger partial charge on any atom is -0.497 e. The number of aromatic nitrogens is 2. The third-order valence-corrected chi connectivity index (χ3v) is 6.31. The number of piperidine rings is 1. The van der Waals surface area contributed by atoms with Gasteiger partial charge < -0.3 is 14.5 Å². The first-order valence-corrected chi connectivity index (χ1v) is 11.7. The van der Waals surface area contributed by atoms with Crippen LogP contribution in [-0.2, 0) is 13.0 Å². The monoisotopic (exact) mass is 448 g/mol. The summed E-state index contributed by atoms with van der Waals surface area (Å²) < 4.78 is 18.3. The van der Waals surface area contributed by atoms with Crippen LogP contribution in [0.4, 0.5) is 4.39 Å². The fourth-order valence-corrected chi connectivity index (χ4v) is 4.58. The number of halogens is 1. The van der Waals surface area contributed by atoms with Crippen molar-refractivity contribution in [2.45, 2.75) is 25.8 Å². The van der Waals surface area contributed by atoms with Gasteiger partial charge in [-0.25, -0.2) is 14.4 Å². The number of hydrogen-bond donors (Lipinski definition) is 0. The van der Waals surface area contributed by atoms with E-state index in [1.54, 1.807) is 19.2 Å². The molecule has 2 heterocycles. The van der Waals surface area contributed by atoms with Crippen molar-refractivity contribution in [3.63, 3.8) is 0 Å². The first-order chi connectivity index (χ1) is 16.1. The average Bonchev–Trinajstić information content (AvgIpc) is 2.84. The van der Waals surface area contributed by atoms with Gasteiger partial charge in [-0.15, -0.1) is 0 Å². The maximum atomic E-state index is 13.1. The van der Waals surface area contributed by atoms with Crippen LogP contribution in [0.1, 0.15) is 24.0 Å². The lowest BCUT2D eigenvalue weighted by Gasteiger charge is -2.34. The Kier molecular flexibility index (Phi) is 8.02. The zero-order valence-electron chi connectivity index (χ0n) is 19.6. The molecule has 174 valence electrons. The molecule has 5 nitrogen and oxygen atoms in total. The Balaban J connectivity index is 1.24. The van der Waals surface area contributed by atoms with Gasteiger partial charge in [0.25, 0.3) is 0 Å². The molecule has 0 aliphatic carbocycles. The predicted octanol–water partition coefficient (Wildman–Crippen LogP) is 4.68. The smallest absolute Gasteiger partial charge is 0.159 e. The molecule has 0 N–H and O–H groups in total. The molecule has 1 aliphatic heterocycles. The van der Waals surface area contributed by atoms with E-state index in [-0.39, 0.29) is 5.82 Å². The molecule has 1 unspecified atom stereocenters. The van der Waals surface area contributed by atoms with Gasteiger partial charge in [0.15, 0.2) is 5.82 Å². The lowest BCUT2D eigenvalue weighted by molar-refractivity contribution is 0.142. The van der Waals surface area contributed by atoms with Crippen molar-refractivity contribution >= 4 is 0 Å². The van der Waals surface area contributed by atoms with Crippen LogP contribution in [0.15, 0.2) is 60.9 Å². The minimum absolute atomic E-state index is 0.166. The van der Waals surface area contributed by atoms with E-state index < -0.39 is 0 Å². The highest BCUT2D eigenvalue weighted by Gasteiger charge is 2.21. The molecule has 2 aromatic carbocycles. The quantitative estimate of drug-likeness (QED) is 0.476. The maximum Gasteiger partial charge on any atom is 0.159 e. The maximum absolute atomic E-state index is 13.1. The molecular weight excluding hydrogens is 415 g/mol. The van der Waals surface area contributed by atoms with Crippen LogP contribution >= 0.6 is 0 Å². The summed E-state index contributed by atoms with van der Waals surface area (Å²) in [5.41, 5.74) is 3.31. The van der Waals surface area contributed by atoms with Crippen molar-refractivity contribution in [1.29, 1.82) is 0 Å². The summed E-state index contributed by atoms with van der Waals surface area (Å²) in [6.45, 7) is 5.22. The normalized spacial score (nSPS) is 16.8. The second-order valence-corrected chi connectivity index (χ2v) is 9.03. The van der Waals surface area contributed by atoms with Gasteiger partial charge in [0.1, 0.15) is 11.6 Å². The van der Waals surface area contributed by atoms with E-state index in [4.69, 9.17) is 4.74 Å². The van der Waals surface area contributed by atoms with Crippen molar-refractivity contribution in [2.24, 2.45) is 5.92 Å². The fraction of sp³-hybridized carbons (Fsp3) is 0.407. The summed E-state index contributed by atoms with van der Waals surface area (Å²) in [5, 5.41) is 0. The van der Waals surface area contributed by atoms with E-state index in [0.717, 1.165) is 61.8 Å². The highest BCUT2D eigenvalue weighted by molar-refractivity contribution is 5.55. The first kappa shape index (κ1) is 23.3. The number of nitrogens with zero attached hydrogens (tertiary/aromatic N) is 4. The molecule has 1 saturated heterocycles. The number of benzene rings is 2. The summed E-state index contributed by atoms with van der Waals surface area (Å²) in [6, 6.07) is 14.7. The van der Waals surface area contributed by atoms with Crippen molar-refractivity contribution in [3.8, 4) is 17.1 Å². The van der Waals surface area contributed by atoms with E-state index in [9.17, 15) is 4.39 Å². The molecule has 6 heteroatoms. The predicted molar refractivity (Wildman–Crippen MR) is 130 cm³/mol. The highest BCUT2D eigenvalue weighted by Crippen LogP contribution is 2.20. The van der Waals surface area contributed by atoms with Crippen molar-refractivity contribution in [2.75, 3.05) is 40.3 Å². The Labute approximate surface area is 196 Å². The molecule has 0 saturated carbocycles. The largest absolute Gasteiger partial charge is 0.497 e. The SMILES string of the molecule is COc1ccc(-c2ncc(CN(C)CC3CCCN(CCc4ccc(F)cc4)C3)cn2)cc1. The molecule has 0 bridgehead atoms. The molecule has 4 rings (SSSR count). The van der Waals surface area contributed by atoms with Crippen LogP contribution in [0.2, 0.25) is 0 Å². The number of likely N-dealkylation sites (tertiary alicyclic amines) is 1. The third-order valence-electron chi connectivity index (χ3n) is 6.31. The molecule has 1 atom stereocenters. The Morgan fingerprint density at radius 1 is 1.03 bits per heavy atom. The molecule has 1 aliphatic rings. The second kappa shape index (κ2) is 11.3. The number of ether oxygens (including phenoxy) is 1. The number of rotatable bonds is 9. The molecule has 1 fully saturated rings. The second-order valence-electron chi connectivity index (χ2n) is 9.03. The molecule has 3 aromatic rings. The Morgan fingerprint density at radius 3 is 2.45 bits per heavy atom. The van der Waals surface area contributed by atoms with Gasteiger partial charge in [-0.3, -0.25) is 0 Å². The van der Waals surface area contributed by atoms with Crippen LogP contribution in [-0.4, -0.2) is 60.1 Å². The van der Waals surface area contributed by atoms with Gasteiger partial charge >= 0.3 is 0 Å². The Morgan fingerprint density at radius 2 is 1.76 bits per heavy atom. The summed E-state index contributed by atoms with van der Waals surface area (Å²) >= 11 is 0. The zero-order chi connectivity index (χ0) is 23.0. The Bertz CT molecular complexity index is 992. The van der Waals surface area contributed by atoms with Gasteiger partial charge in [-0.1, -0.05) is 12.1 Å². The summed E-state index contributed by atoms with van der Waals surface area (Å²) in [6.07, 6.45) is 7.34. The van der Waals surface area contributed by atoms with Gasteiger partial charge in [0.05, 0.1) is 7.11 Å². The molecule has 33 heavy (non-hydrogen) atoms. The minimum atomic E-state index is -0.166. The molecule has 0 spiro atoms. The van der Waals surface area contributed by atoms with Crippen molar-refractivity contribution in [1.82, 2.24) is 19.8 Å². The van der Waals surface area contributed by atoms with Gasteiger partial charge in [0.2, 0.25) is 0 Å². The van der Waals surface area contributed by atoms with E-state index in [1.165, 1.54) is 18.4 Å².